The number of carbonyl (C=O) groups is 1. The molecule has 0 bridgehead atoms. The van der Waals surface area contributed by atoms with E-state index in [1.54, 1.807) is 24.9 Å². The van der Waals surface area contributed by atoms with E-state index in [1.807, 2.05) is 42.5 Å². The molecule has 4 rings (SSSR count). The van der Waals surface area contributed by atoms with Gasteiger partial charge in [-0.3, -0.25) is 4.79 Å². The van der Waals surface area contributed by atoms with E-state index in [1.165, 1.54) is 5.56 Å². The predicted molar refractivity (Wildman–Crippen MR) is 120 cm³/mol. The maximum atomic E-state index is 12.5. The number of aryl methyl sites for hydroxylation is 1. The summed E-state index contributed by atoms with van der Waals surface area (Å²) in [5.74, 6) is 1.44. The summed E-state index contributed by atoms with van der Waals surface area (Å²) in [7, 11) is 0. The first-order chi connectivity index (χ1) is 15.0. The molecule has 1 saturated carbocycles. The first kappa shape index (κ1) is 21.2. The Labute approximate surface area is 183 Å². The van der Waals surface area contributed by atoms with Crippen molar-refractivity contribution in [3.8, 4) is 0 Å². The van der Waals surface area contributed by atoms with Crippen molar-refractivity contribution in [2.75, 3.05) is 5.32 Å². The van der Waals surface area contributed by atoms with Gasteiger partial charge >= 0.3 is 0 Å². The van der Waals surface area contributed by atoms with Gasteiger partial charge in [0.1, 0.15) is 18.2 Å². The van der Waals surface area contributed by atoms with E-state index in [9.17, 15) is 9.90 Å². The molecule has 2 aromatic carbocycles. The van der Waals surface area contributed by atoms with E-state index >= 15 is 0 Å². The summed E-state index contributed by atoms with van der Waals surface area (Å²) >= 11 is 0. The summed E-state index contributed by atoms with van der Waals surface area (Å²) in [5.41, 5.74) is 3.06. The summed E-state index contributed by atoms with van der Waals surface area (Å²) < 4.78 is 1.57. The fourth-order valence-corrected chi connectivity index (χ4v) is 4.48. The molecule has 1 aliphatic carbocycles. The third-order valence-corrected chi connectivity index (χ3v) is 6.31. The van der Waals surface area contributed by atoms with Crippen LogP contribution in [0.15, 0.2) is 60.9 Å². The van der Waals surface area contributed by atoms with Crippen LogP contribution in [0.2, 0.25) is 0 Å². The zero-order valence-electron chi connectivity index (χ0n) is 18.1. The number of nitrogens with zero attached hydrogens (tertiary/aromatic N) is 3. The van der Waals surface area contributed by atoms with Crippen molar-refractivity contribution >= 4 is 11.6 Å². The van der Waals surface area contributed by atoms with Crippen LogP contribution in [0.1, 0.15) is 55.3 Å². The normalized spacial score (nSPS) is 20.4. The van der Waals surface area contributed by atoms with Gasteiger partial charge in [-0.1, -0.05) is 42.5 Å². The molecule has 1 aromatic heterocycles. The molecule has 6 nitrogen and oxygen atoms in total. The first-order valence-electron chi connectivity index (χ1n) is 11.0. The Balaban J connectivity index is 1.29. The molecule has 1 amide bonds. The number of benzene rings is 2. The van der Waals surface area contributed by atoms with Gasteiger partial charge in [0.05, 0.1) is 6.10 Å². The quantitative estimate of drug-likeness (QED) is 0.593. The lowest BCUT2D eigenvalue weighted by molar-refractivity contribution is -0.119. The molecule has 1 heterocycles. The summed E-state index contributed by atoms with van der Waals surface area (Å²) in [4.78, 5) is 16.6. The highest BCUT2D eigenvalue weighted by Gasteiger charge is 2.30. The van der Waals surface area contributed by atoms with Crippen LogP contribution in [-0.4, -0.2) is 25.8 Å². The summed E-state index contributed by atoms with van der Waals surface area (Å²) in [6.07, 6.45) is 5.45. The second-order valence-corrected chi connectivity index (χ2v) is 8.63. The van der Waals surface area contributed by atoms with E-state index in [0.717, 1.165) is 36.9 Å². The standard InChI is InChI=1S/C25H30N4O2/c1-17(29-16-26-18(2)28-29)25(31)27-23-12-9-19(10-13-23)14-20-8-11-22(15-20)24(30)21-6-4-3-5-7-21/h3-7,9-10,12-13,16-17,20,22,24,30H,8,11,14-15H2,1-2H3,(H,27,31)/t17-,20?,22-,24+/m0/s1. The van der Waals surface area contributed by atoms with Gasteiger partial charge < -0.3 is 10.4 Å². The van der Waals surface area contributed by atoms with E-state index in [2.05, 4.69) is 27.5 Å². The van der Waals surface area contributed by atoms with Crippen molar-refractivity contribution in [2.45, 2.75) is 51.7 Å². The Morgan fingerprint density at radius 3 is 2.58 bits per heavy atom. The van der Waals surface area contributed by atoms with Crippen LogP contribution >= 0.6 is 0 Å². The number of aliphatic hydroxyl groups excluding tert-OH is 1. The van der Waals surface area contributed by atoms with Crippen molar-refractivity contribution in [3.63, 3.8) is 0 Å². The minimum Gasteiger partial charge on any atom is -0.388 e. The Hall–Kier alpha value is -2.99. The average Bonchev–Trinajstić information content (AvgIpc) is 3.44. The van der Waals surface area contributed by atoms with Crippen LogP contribution in [0.4, 0.5) is 5.69 Å². The topological polar surface area (TPSA) is 80.0 Å². The number of hydrogen-bond acceptors (Lipinski definition) is 4. The number of amides is 1. The molecular formula is C25H30N4O2. The van der Waals surface area contributed by atoms with Gasteiger partial charge in [0, 0.05) is 5.69 Å². The molecule has 0 aliphatic heterocycles. The van der Waals surface area contributed by atoms with Gasteiger partial charge in [-0.05, 0) is 74.6 Å². The van der Waals surface area contributed by atoms with Gasteiger partial charge in [0.25, 0.3) is 0 Å². The maximum Gasteiger partial charge on any atom is 0.249 e. The lowest BCUT2D eigenvalue weighted by Gasteiger charge is -2.19. The average molecular weight is 419 g/mol. The monoisotopic (exact) mass is 418 g/mol. The maximum absolute atomic E-state index is 12.5. The molecule has 1 unspecified atom stereocenters. The number of aliphatic hydroxyl groups is 1. The highest BCUT2D eigenvalue weighted by molar-refractivity contribution is 5.93. The molecule has 0 radical (unpaired) electrons. The number of anilines is 1. The molecule has 2 N–H and O–H groups in total. The Morgan fingerprint density at radius 2 is 1.90 bits per heavy atom. The minimum atomic E-state index is -0.424. The first-order valence-corrected chi connectivity index (χ1v) is 11.0. The highest BCUT2D eigenvalue weighted by Crippen LogP contribution is 2.40. The van der Waals surface area contributed by atoms with Crippen molar-refractivity contribution in [1.29, 1.82) is 0 Å². The zero-order valence-corrected chi connectivity index (χ0v) is 18.1. The third-order valence-electron chi connectivity index (χ3n) is 6.31. The van der Waals surface area contributed by atoms with Gasteiger partial charge in [-0.2, -0.15) is 5.10 Å². The summed E-state index contributed by atoms with van der Waals surface area (Å²) in [6, 6.07) is 17.6. The molecule has 0 saturated heterocycles. The lowest BCUT2D eigenvalue weighted by Crippen LogP contribution is -2.24. The molecular weight excluding hydrogens is 388 g/mol. The Kier molecular flexibility index (Phi) is 6.47. The van der Waals surface area contributed by atoms with Gasteiger partial charge in [-0.15, -0.1) is 0 Å². The number of hydrogen-bond donors (Lipinski definition) is 2. The van der Waals surface area contributed by atoms with E-state index < -0.39 is 6.04 Å². The number of rotatable bonds is 7. The Morgan fingerprint density at radius 1 is 1.16 bits per heavy atom. The fraction of sp³-hybridized carbons (Fsp3) is 0.400. The van der Waals surface area contributed by atoms with Gasteiger partial charge in [-0.25, -0.2) is 9.67 Å². The van der Waals surface area contributed by atoms with E-state index in [4.69, 9.17) is 0 Å². The molecule has 3 aromatic rings. The van der Waals surface area contributed by atoms with Crippen molar-refractivity contribution in [2.24, 2.45) is 11.8 Å². The molecule has 1 fully saturated rings. The highest BCUT2D eigenvalue weighted by atomic mass is 16.3. The predicted octanol–water partition coefficient (Wildman–Crippen LogP) is 4.48. The molecule has 0 spiro atoms. The minimum absolute atomic E-state index is 0.119. The molecule has 31 heavy (non-hydrogen) atoms. The van der Waals surface area contributed by atoms with Crippen LogP contribution in [0.25, 0.3) is 0 Å². The largest absolute Gasteiger partial charge is 0.388 e. The van der Waals surface area contributed by atoms with Crippen LogP contribution < -0.4 is 5.32 Å². The summed E-state index contributed by atoms with van der Waals surface area (Å²) in [5, 5.41) is 17.9. The second-order valence-electron chi connectivity index (χ2n) is 8.63. The number of carbonyl (C=O) groups excluding carboxylic acids is 1. The van der Waals surface area contributed by atoms with Crippen LogP contribution in [0, 0.1) is 18.8 Å². The second kappa shape index (κ2) is 9.43. The molecule has 6 heteroatoms. The molecule has 162 valence electrons. The number of aromatic nitrogens is 3. The van der Waals surface area contributed by atoms with Crippen LogP contribution in [-0.2, 0) is 11.2 Å². The Bertz CT molecular complexity index is 1000. The summed E-state index contributed by atoms with van der Waals surface area (Å²) in [6.45, 7) is 3.60. The van der Waals surface area contributed by atoms with Crippen LogP contribution in [0.5, 0.6) is 0 Å². The SMILES string of the molecule is Cc1ncn([C@@H](C)C(=O)Nc2ccc(CC3CC[C@H]([C@H](O)c4ccccc4)C3)cc2)n1. The van der Waals surface area contributed by atoms with Gasteiger partial charge in [0.2, 0.25) is 5.91 Å². The smallest absolute Gasteiger partial charge is 0.249 e. The zero-order chi connectivity index (χ0) is 21.8. The van der Waals surface area contributed by atoms with Gasteiger partial charge in [0.15, 0.2) is 0 Å². The fourth-order valence-electron chi connectivity index (χ4n) is 4.48. The van der Waals surface area contributed by atoms with E-state index in [0.29, 0.717) is 17.7 Å². The molecule has 1 aliphatic rings. The third kappa shape index (κ3) is 5.20. The number of nitrogens with one attached hydrogen (secondary N) is 1. The van der Waals surface area contributed by atoms with Crippen molar-refractivity contribution in [3.05, 3.63) is 77.9 Å². The lowest BCUT2D eigenvalue weighted by atomic mass is 9.91. The van der Waals surface area contributed by atoms with Crippen molar-refractivity contribution in [1.82, 2.24) is 14.8 Å². The van der Waals surface area contributed by atoms with Crippen molar-refractivity contribution < 1.29 is 9.90 Å². The van der Waals surface area contributed by atoms with E-state index in [-0.39, 0.29) is 12.0 Å². The molecule has 4 atom stereocenters. The van der Waals surface area contributed by atoms with Crippen LogP contribution in [0.3, 0.4) is 0 Å².